The van der Waals surface area contributed by atoms with Crippen molar-refractivity contribution in [1.82, 2.24) is 9.80 Å². The summed E-state index contributed by atoms with van der Waals surface area (Å²) in [5.74, 6) is 0. The fraction of sp³-hybridized carbons (Fsp3) is 0.625. The van der Waals surface area contributed by atoms with Gasteiger partial charge in [0.2, 0.25) is 0 Å². The van der Waals surface area contributed by atoms with Gasteiger partial charge < -0.3 is 5.73 Å². The van der Waals surface area contributed by atoms with Crippen LogP contribution in [0.15, 0.2) is 24.3 Å². The molecule has 1 aromatic rings. The third-order valence-electron chi connectivity index (χ3n) is 4.40. The van der Waals surface area contributed by atoms with Crippen molar-refractivity contribution in [2.75, 3.05) is 32.7 Å². The minimum absolute atomic E-state index is 0.743. The van der Waals surface area contributed by atoms with Gasteiger partial charge in [0, 0.05) is 38.8 Å². The molecular weight excluding hydrogens is 234 g/mol. The summed E-state index contributed by atoms with van der Waals surface area (Å²) in [7, 11) is 0. The van der Waals surface area contributed by atoms with Crippen LogP contribution in [0, 0.1) is 0 Å². The van der Waals surface area contributed by atoms with Crippen molar-refractivity contribution in [2.24, 2.45) is 5.73 Å². The van der Waals surface area contributed by atoms with Gasteiger partial charge >= 0.3 is 0 Å². The molecule has 2 aliphatic rings. The summed E-state index contributed by atoms with van der Waals surface area (Å²) in [6, 6.07) is 9.68. The molecule has 0 amide bonds. The zero-order valence-corrected chi connectivity index (χ0v) is 11.7. The van der Waals surface area contributed by atoms with E-state index in [1.807, 2.05) is 0 Å². The van der Waals surface area contributed by atoms with E-state index in [0.29, 0.717) is 0 Å². The number of hydrogen-bond acceptors (Lipinski definition) is 3. The van der Waals surface area contributed by atoms with Crippen molar-refractivity contribution in [2.45, 2.75) is 31.8 Å². The summed E-state index contributed by atoms with van der Waals surface area (Å²) in [4.78, 5) is 5.26. The van der Waals surface area contributed by atoms with Crippen LogP contribution in [0.4, 0.5) is 0 Å². The number of benzene rings is 1. The molecule has 1 heterocycles. The molecule has 1 aromatic carbocycles. The topological polar surface area (TPSA) is 32.5 Å². The third kappa shape index (κ3) is 3.35. The second-order valence-corrected chi connectivity index (χ2v) is 5.85. The molecule has 0 atom stereocenters. The highest BCUT2D eigenvalue weighted by Gasteiger charge is 2.31. The second kappa shape index (κ2) is 6.04. The number of nitrogens with zero attached hydrogens (tertiary/aromatic N) is 2. The second-order valence-electron chi connectivity index (χ2n) is 5.85. The lowest BCUT2D eigenvalue weighted by Gasteiger charge is -2.35. The Bertz CT molecular complexity index is 406. The summed E-state index contributed by atoms with van der Waals surface area (Å²) in [5, 5.41) is 0. The van der Waals surface area contributed by atoms with Crippen LogP contribution in [-0.4, -0.2) is 48.6 Å². The van der Waals surface area contributed by atoms with Gasteiger partial charge in [0.25, 0.3) is 0 Å². The minimum atomic E-state index is 0.743. The molecule has 0 aromatic heterocycles. The number of piperazine rings is 1. The Kier molecular flexibility index (Phi) is 4.16. The number of rotatable bonds is 5. The normalized spacial score (nSPS) is 21.7. The summed E-state index contributed by atoms with van der Waals surface area (Å²) in [6.45, 7) is 6.77. The van der Waals surface area contributed by atoms with E-state index in [0.717, 1.165) is 25.6 Å². The first-order valence-corrected chi connectivity index (χ1v) is 7.60. The van der Waals surface area contributed by atoms with E-state index >= 15 is 0 Å². The van der Waals surface area contributed by atoms with Gasteiger partial charge in [-0.05, 0) is 36.9 Å². The maximum absolute atomic E-state index is 5.70. The van der Waals surface area contributed by atoms with E-state index < -0.39 is 0 Å². The van der Waals surface area contributed by atoms with Crippen LogP contribution in [0.25, 0.3) is 0 Å². The van der Waals surface area contributed by atoms with Gasteiger partial charge in [-0.3, -0.25) is 9.80 Å². The van der Waals surface area contributed by atoms with Gasteiger partial charge in [0.05, 0.1) is 0 Å². The van der Waals surface area contributed by atoms with Gasteiger partial charge in [-0.15, -0.1) is 0 Å². The molecule has 0 unspecified atom stereocenters. The molecule has 1 aliphatic carbocycles. The van der Waals surface area contributed by atoms with Gasteiger partial charge in [0.15, 0.2) is 0 Å². The van der Waals surface area contributed by atoms with Crippen LogP contribution in [0.5, 0.6) is 0 Å². The Labute approximate surface area is 116 Å². The van der Waals surface area contributed by atoms with E-state index in [4.69, 9.17) is 5.73 Å². The molecule has 3 heteroatoms. The van der Waals surface area contributed by atoms with Crippen molar-refractivity contribution in [3.63, 3.8) is 0 Å². The lowest BCUT2D eigenvalue weighted by atomic mass is 10.0. The summed E-state index contributed by atoms with van der Waals surface area (Å²) < 4.78 is 0. The summed E-state index contributed by atoms with van der Waals surface area (Å²) >= 11 is 0. The molecule has 0 bridgehead atoms. The van der Waals surface area contributed by atoms with E-state index in [9.17, 15) is 0 Å². The average molecular weight is 259 g/mol. The molecule has 104 valence electrons. The fourth-order valence-electron chi connectivity index (χ4n) is 3.08. The van der Waals surface area contributed by atoms with Gasteiger partial charge in [0.1, 0.15) is 0 Å². The zero-order chi connectivity index (χ0) is 13.1. The van der Waals surface area contributed by atoms with Crippen LogP contribution in [0.2, 0.25) is 0 Å². The monoisotopic (exact) mass is 259 g/mol. The van der Waals surface area contributed by atoms with Crippen LogP contribution < -0.4 is 5.73 Å². The highest BCUT2D eigenvalue weighted by atomic mass is 15.3. The van der Waals surface area contributed by atoms with E-state index in [-0.39, 0.29) is 0 Å². The summed E-state index contributed by atoms with van der Waals surface area (Å²) in [5.41, 5.74) is 8.59. The molecule has 3 rings (SSSR count). The van der Waals surface area contributed by atoms with E-state index in [1.54, 1.807) is 0 Å². The van der Waals surface area contributed by atoms with Crippen LogP contribution in [-0.2, 0) is 13.0 Å². The molecule has 0 radical (unpaired) electrons. The molecule has 0 spiro atoms. The first-order chi connectivity index (χ1) is 9.36. The standard InChI is InChI=1S/C16H25N3/c17-8-7-14-3-1-2-4-15(14)13-18-9-11-19(12-10-18)16-5-6-16/h1-4,16H,5-13,17H2. The average Bonchev–Trinajstić information content (AvgIpc) is 3.27. The Balaban J connectivity index is 1.56. The Morgan fingerprint density at radius 1 is 1.00 bits per heavy atom. The smallest absolute Gasteiger partial charge is 0.0237 e. The molecule has 3 nitrogen and oxygen atoms in total. The SMILES string of the molecule is NCCc1ccccc1CN1CCN(C2CC2)CC1. The Hall–Kier alpha value is -0.900. The van der Waals surface area contributed by atoms with Gasteiger partial charge in [-0.25, -0.2) is 0 Å². The molecular formula is C16H25N3. The van der Waals surface area contributed by atoms with Crippen molar-refractivity contribution < 1.29 is 0 Å². The Morgan fingerprint density at radius 2 is 1.68 bits per heavy atom. The van der Waals surface area contributed by atoms with Crippen LogP contribution >= 0.6 is 0 Å². The largest absolute Gasteiger partial charge is 0.330 e. The quantitative estimate of drug-likeness (QED) is 0.869. The van der Waals surface area contributed by atoms with E-state index in [1.165, 1.54) is 50.1 Å². The number of hydrogen-bond donors (Lipinski definition) is 1. The lowest BCUT2D eigenvalue weighted by Crippen LogP contribution is -2.46. The molecule has 1 saturated carbocycles. The van der Waals surface area contributed by atoms with Gasteiger partial charge in [-0.1, -0.05) is 24.3 Å². The molecule has 1 saturated heterocycles. The maximum Gasteiger partial charge on any atom is 0.0237 e. The van der Waals surface area contributed by atoms with Gasteiger partial charge in [-0.2, -0.15) is 0 Å². The predicted octanol–water partition coefficient (Wildman–Crippen LogP) is 1.47. The molecule has 19 heavy (non-hydrogen) atoms. The zero-order valence-electron chi connectivity index (χ0n) is 11.7. The van der Waals surface area contributed by atoms with Crippen molar-refractivity contribution in [1.29, 1.82) is 0 Å². The fourth-order valence-corrected chi connectivity index (χ4v) is 3.08. The van der Waals surface area contributed by atoms with Crippen molar-refractivity contribution in [3.8, 4) is 0 Å². The van der Waals surface area contributed by atoms with E-state index in [2.05, 4.69) is 34.1 Å². The first kappa shape index (κ1) is 13.1. The van der Waals surface area contributed by atoms with Crippen molar-refractivity contribution in [3.05, 3.63) is 35.4 Å². The third-order valence-corrected chi connectivity index (χ3v) is 4.40. The van der Waals surface area contributed by atoms with Crippen LogP contribution in [0.1, 0.15) is 24.0 Å². The Morgan fingerprint density at radius 3 is 2.32 bits per heavy atom. The summed E-state index contributed by atoms with van der Waals surface area (Å²) in [6.07, 6.45) is 3.86. The molecule has 2 N–H and O–H groups in total. The lowest BCUT2D eigenvalue weighted by molar-refractivity contribution is 0.121. The maximum atomic E-state index is 5.70. The molecule has 2 fully saturated rings. The predicted molar refractivity (Wildman–Crippen MR) is 79.1 cm³/mol. The highest BCUT2D eigenvalue weighted by molar-refractivity contribution is 5.27. The van der Waals surface area contributed by atoms with Crippen LogP contribution in [0.3, 0.4) is 0 Å². The number of nitrogens with two attached hydrogens (primary N) is 1. The van der Waals surface area contributed by atoms with Crippen molar-refractivity contribution >= 4 is 0 Å². The molecule has 1 aliphatic heterocycles. The first-order valence-electron chi connectivity index (χ1n) is 7.60. The minimum Gasteiger partial charge on any atom is -0.330 e. The highest BCUT2D eigenvalue weighted by Crippen LogP contribution is 2.27.